The molecule has 1 saturated carbocycles. The van der Waals surface area contributed by atoms with Gasteiger partial charge in [-0.3, -0.25) is 4.79 Å². The summed E-state index contributed by atoms with van der Waals surface area (Å²) in [5.41, 5.74) is 6.18. The Morgan fingerprint density at radius 1 is 1.24 bits per heavy atom. The first-order chi connectivity index (χ1) is 7.11. The molecule has 0 aromatic heterocycles. The average Bonchev–Trinajstić information content (AvgIpc) is 1.96. The molecule has 17 heavy (non-hydrogen) atoms. The summed E-state index contributed by atoms with van der Waals surface area (Å²) >= 11 is 0. The molecule has 102 valence electrons. The van der Waals surface area contributed by atoms with Crippen molar-refractivity contribution in [2.24, 2.45) is 16.6 Å². The molecule has 0 aromatic rings. The second-order valence-electron chi connectivity index (χ2n) is 6.91. The molecule has 4 heteroatoms. The summed E-state index contributed by atoms with van der Waals surface area (Å²) in [6.07, 6.45) is 3.31. The summed E-state index contributed by atoms with van der Waals surface area (Å²) in [5, 5.41) is 3.07. The molecule has 1 fully saturated rings. The fourth-order valence-corrected chi connectivity index (χ4v) is 3.28. The maximum Gasteiger partial charge on any atom is 0.236 e. The van der Waals surface area contributed by atoms with Crippen molar-refractivity contribution >= 4 is 18.3 Å². The van der Waals surface area contributed by atoms with Crippen molar-refractivity contribution in [3.05, 3.63) is 0 Å². The van der Waals surface area contributed by atoms with Crippen LogP contribution in [0.2, 0.25) is 0 Å². The first kappa shape index (κ1) is 16.7. The van der Waals surface area contributed by atoms with Gasteiger partial charge in [0.1, 0.15) is 0 Å². The zero-order valence-electron chi connectivity index (χ0n) is 11.7. The lowest BCUT2D eigenvalue weighted by Crippen LogP contribution is -2.49. The van der Waals surface area contributed by atoms with Crippen molar-refractivity contribution < 1.29 is 4.79 Å². The zero-order chi connectivity index (χ0) is 12.6. The van der Waals surface area contributed by atoms with Crippen LogP contribution in [0.3, 0.4) is 0 Å². The summed E-state index contributed by atoms with van der Waals surface area (Å²) in [6.45, 7) is 10.8. The van der Waals surface area contributed by atoms with E-state index in [2.05, 4.69) is 33.0 Å². The molecular weight excluding hydrogens is 236 g/mol. The third-order valence-corrected chi connectivity index (χ3v) is 3.32. The Labute approximate surface area is 111 Å². The van der Waals surface area contributed by atoms with Crippen molar-refractivity contribution in [1.29, 1.82) is 0 Å². The van der Waals surface area contributed by atoms with E-state index in [4.69, 9.17) is 5.73 Å². The molecule has 0 saturated heterocycles. The third-order valence-electron chi connectivity index (χ3n) is 3.32. The van der Waals surface area contributed by atoms with Gasteiger partial charge in [-0.05, 0) is 37.0 Å². The molecule has 0 radical (unpaired) electrons. The SMILES string of the molecule is CC(N)C(=O)NC1CC(C)(C)CC(C)(C)C1.Cl. The first-order valence-corrected chi connectivity index (χ1v) is 6.17. The predicted molar refractivity (Wildman–Crippen MR) is 74.2 cm³/mol. The van der Waals surface area contributed by atoms with Gasteiger partial charge in [0.25, 0.3) is 0 Å². The van der Waals surface area contributed by atoms with Gasteiger partial charge < -0.3 is 11.1 Å². The number of carbonyl (C=O) groups is 1. The predicted octanol–water partition coefficient (Wildman–Crippen LogP) is 2.48. The van der Waals surface area contributed by atoms with Crippen molar-refractivity contribution in [2.45, 2.75) is 66.0 Å². The Morgan fingerprint density at radius 2 is 1.65 bits per heavy atom. The first-order valence-electron chi connectivity index (χ1n) is 6.17. The monoisotopic (exact) mass is 262 g/mol. The molecule has 1 unspecified atom stereocenters. The number of nitrogens with one attached hydrogen (secondary N) is 1. The summed E-state index contributed by atoms with van der Waals surface area (Å²) in [5.74, 6) is -0.0292. The van der Waals surface area contributed by atoms with Crippen LogP contribution in [-0.4, -0.2) is 18.0 Å². The van der Waals surface area contributed by atoms with Gasteiger partial charge in [0.05, 0.1) is 6.04 Å². The molecule has 1 aliphatic carbocycles. The van der Waals surface area contributed by atoms with E-state index >= 15 is 0 Å². The lowest BCUT2D eigenvalue weighted by Gasteiger charge is -2.45. The van der Waals surface area contributed by atoms with Gasteiger partial charge in [0.2, 0.25) is 5.91 Å². The molecule has 3 N–H and O–H groups in total. The number of rotatable bonds is 2. The summed E-state index contributed by atoms with van der Waals surface area (Å²) in [6, 6.07) is -0.134. The highest BCUT2D eigenvalue weighted by Gasteiger charge is 2.38. The highest BCUT2D eigenvalue weighted by molar-refractivity contribution is 5.85. The van der Waals surface area contributed by atoms with Crippen LogP contribution in [0.25, 0.3) is 0 Å². The Morgan fingerprint density at radius 3 is 2.00 bits per heavy atom. The average molecular weight is 263 g/mol. The second kappa shape index (κ2) is 5.57. The number of nitrogens with two attached hydrogens (primary N) is 1. The zero-order valence-corrected chi connectivity index (χ0v) is 12.5. The minimum atomic E-state index is -0.409. The van der Waals surface area contributed by atoms with Gasteiger partial charge in [-0.15, -0.1) is 12.4 Å². The lowest BCUT2D eigenvalue weighted by molar-refractivity contribution is -0.123. The number of hydrogen-bond donors (Lipinski definition) is 2. The van der Waals surface area contributed by atoms with E-state index in [9.17, 15) is 4.79 Å². The van der Waals surface area contributed by atoms with Gasteiger partial charge in [-0.1, -0.05) is 27.7 Å². The van der Waals surface area contributed by atoms with Gasteiger partial charge >= 0.3 is 0 Å². The maximum atomic E-state index is 11.6. The van der Waals surface area contributed by atoms with E-state index in [1.165, 1.54) is 6.42 Å². The topological polar surface area (TPSA) is 55.1 Å². The van der Waals surface area contributed by atoms with E-state index in [0.717, 1.165) is 12.8 Å². The van der Waals surface area contributed by atoms with Gasteiger partial charge in [0.15, 0.2) is 0 Å². The fourth-order valence-electron chi connectivity index (χ4n) is 3.28. The van der Waals surface area contributed by atoms with Crippen LogP contribution >= 0.6 is 12.4 Å². The Hall–Kier alpha value is -0.280. The molecule has 1 aliphatic rings. The van der Waals surface area contributed by atoms with Crippen LogP contribution in [0.4, 0.5) is 0 Å². The summed E-state index contributed by atoms with van der Waals surface area (Å²) in [7, 11) is 0. The van der Waals surface area contributed by atoms with Crippen LogP contribution in [0.1, 0.15) is 53.9 Å². The van der Waals surface area contributed by atoms with Crippen molar-refractivity contribution in [3.63, 3.8) is 0 Å². The minimum Gasteiger partial charge on any atom is -0.352 e. The van der Waals surface area contributed by atoms with Crippen LogP contribution in [0.15, 0.2) is 0 Å². The molecule has 1 atom stereocenters. The van der Waals surface area contributed by atoms with Crippen molar-refractivity contribution in [2.75, 3.05) is 0 Å². The number of amides is 1. The van der Waals surface area contributed by atoms with E-state index in [1.807, 2.05) is 0 Å². The smallest absolute Gasteiger partial charge is 0.236 e. The largest absolute Gasteiger partial charge is 0.352 e. The molecule has 0 aliphatic heterocycles. The van der Waals surface area contributed by atoms with Crippen LogP contribution in [0, 0.1) is 10.8 Å². The van der Waals surface area contributed by atoms with Crippen LogP contribution < -0.4 is 11.1 Å². The highest BCUT2D eigenvalue weighted by Crippen LogP contribution is 2.45. The third kappa shape index (κ3) is 5.26. The van der Waals surface area contributed by atoms with E-state index in [0.29, 0.717) is 10.8 Å². The summed E-state index contributed by atoms with van der Waals surface area (Å²) < 4.78 is 0. The second-order valence-corrected chi connectivity index (χ2v) is 6.91. The van der Waals surface area contributed by atoms with Gasteiger partial charge in [-0.2, -0.15) is 0 Å². The van der Waals surface area contributed by atoms with Crippen LogP contribution in [-0.2, 0) is 4.79 Å². The molecule has 1 amide bonds. The fraction of sp³-hybridized carbons (Fsp3) is 0.923. The van der Waals surface area contributed by atoms with E-state index in [-0.39, 0.29) is 24.4 Å². The lowest BCUT2D eigenvalue weighted by atomic mass is 9.63. The molecular formula is C13H27ClN2O. The molecule has 3 nitrogen and oxygen atoms in total. The van der Waals surface area contributed by atoms with Gasteiger partial charge in [0, 0.05) is 6.04 Å². The Kier molecular flexibility index (Phi) is 5.48. The van der Waals surface area contributed by atoms with Crippen LogP contribution in [0.5, 0.6) is 0 Å². The maximum absolute atomic E-state index is 11.6. The summed E-state index contributed by atoms with van der Waals surface area (Å²) in [4.78, 5) is 11.6. The van der Waals surface area contributed by atoms with E-state index < -0.39 is 6.04 Å². The Bertz CT molecular complexity index is 259. The van der Waals surface area contributed by atoms with Crippen molar-refractivity contribution in [1.82, 2.24) is 5.32 Å². The molecule has 0 spiro atoms. The van der Waals surface area contributed by atoms with Gasteiger partial charge in [-0.25, -0.2) is 0 Å². The van der Waals surface area contributed by atoms with E-state index in [1.54, 1.807) is 6.92 Å². The number of carbonyl (C=O) groups excluding carboxylic acids is 1. The number of hydrogen-bond acceptors (Lipinski definition) is 2. The molecule has 0 heterocycles. The Balaban J connectivity index is 0.00000256. The molecule has 1 rings (SSSR count). The standard InChI is InChI=1S/C13H26N2O.ClH/c1-9(14)11(16)15-10-6-12(2,3)8-13(4,5)7-10;/h9-10H,6-8,14H2,1-5H3,(H,15,16);1H. The minimum absolute atomic E-state index is 0. The number of halogens is 1. The highest BCUT2D eigenvalue weighted by atomic mass is 35.5. The normalized spacial score (nSPS) is 24.6. The molecule has 0 aromatic carbocycles. The molecule has 0 bridgehead atoms. The quantitative estimate of drug-likeness (QED) is 0.803. The van der Waals surface area contributed by atoms with Crippen molar-refractivity contribution in [3.8, 4) is 0 Å².